The molecule has 114 valence electrons. The van der Waals surface area contributed by atoms with Crippen molar-refractivity contribution in [2.75, 3.05) is 19.7 Å². The van der Waals surface area contributed by atoms with E-state index in [0.29, 0.717) is 30.5 Å². The van der Waals surface area contributed by atoms with Crippen LogP contribution >= 0.6 is 12.2 Å². The van der Waals surface area contributed by atoms with Crippen LogP contribution in [0.3, 0.4) is 0 Å². The van der Waals surface area contributed by atoms with Gasteiger partial charge in [0, 0.05) is 18.5 Å². The lowest BCUT2D eigenvalue weighted by Gasteiger charge is -2.20. The molecular formula is C16H22N2O2S. The maximum atomic E-state index is 12.0. The second-order valence-electron chi connectivity index (χ2n) is 5.55. The van der Waals surface area contributed by atoms with E-state index in [4.69, 9.17) is 22.7 Å². The molecular weight excluding hydrogens is 284 g/mol. The third kappa shape index (κ3) is 4.70. The Morgan fingerprint density at radius 2 is 2.29 bits per heavy atom. The highest BCUT2D eigenvalue weighted by molar-refractivity contribution is 7.80. The van der Waals surface area contributed by atoms with Crippen molar-refractivity contribution in [2.45, 2.75) is 26.2 Å². The van der Waals surface area contributed by atoms with E-state index in [9.17, 15) is 4.79 Å². The minimum atomic E-state index is 0.236. The average molecular weight is 306 g/mol. The van der Waals surface area contributed by atoms with E-state index in [2.05, 4.69) is 6.92 Å². The molecule has 1 amide bonds. The first kappa shape index (κ1) is 15.8. The van der Waals surface area contributed by atoms with Gasteiger partial charge in [0.1, 0.15) is 17.3 Å². The number of carbonyl (C=O) groups excluding carboxylic acids is 1. The topological polar surface area (TPSA) is 55.6 Å². The number of amides is 1. The summed E-state index contributed by atoms with van der Waals surface area (Å²) in [6.07, 6.45) is 2.72. The van der Waals surface area contributed by atoms with Gasteiger partial charge in [-0.3, -0.25) is 4.79 Å². The number of hydrogen-bond acceptors (Lipinski definition) is 3. The van der Waals surface area contributed by atoms with Crippen molar-refractivity contribution in [1.29, 1.82) is 0 Å². The van der Waals surface area contributed by atoms with Crippen molar-refractivity contribution in [1.82, 2.24) is 4.90 Å². The van der Waals surface area contributed by atoms with Crippen molar-refractivity contribution in [2.24, 2.45) is 11.7 Å². The van der Waals surface area contributed by atoms with Crippen LogP contribution in [0.25, 0.3) is 0 Å². The molecule has 1 saturated heterocycles. The third-order valence-corrected chi connectivity index (χ3v) is 4.08. The standard InChI is InChI=1S/C16H22N2O2S/c1-12-5-6-15(19)18(8-7-12)9-10-20-14-4-2-3-13(11-14)16(17)21/h2-4,11-12H,5-10H2,1H3,(H2,17,21). The van der Waals surface area contributed by atoms with Crippen LogP contribution in [0, 0.1) is 5.92 Å². The van der Waals surface area contributed by atoms with Crippen LogP contribution in [0.4, 0.5) is 0 Å². The Bertz CT molecular complexity index is 519. The minimum absolute atomic E-state index is 0.236. The van der Waals surface area contributed by atoms with E-state index in [-0.39, 0.29) is 5.91 Å². The molecule has 1 atom stereocenters. The summed E-state index contributed by atoms with van der Waals surface area (Å²) in [5, 5.41) is 0. The molecule has 1 heterocycles. The second-order valence-corrected chi connectivity index (χ2v) is 5.99. The predicted molar refractivity (Wildman–Crippen MR) is 87.4 cm³/mol. The Hall–Kier alpha value is -1.62. The molecule has 2 N–H and O–H groups in total. The number of nitrogens with two attached hydrogens (primary N) is 1. The Morgan fingerprint density at radius 3 is 3.05 bits per heavy atom. The molecule has 0 bridgehead atoms. The molecule has 0 saturated carbocycles. The summed E-state index contributed by atoms with van der Waals surface area (Å²) in [4.78, 5) is 14.2. The predicted octanol–water partition coefficient (Wildman–Crippen LogP) is 2.35. The van der Waals surface area contributed by atoms with Crippen LogP contribution in [0.1, 0.15) is 31.7 Å². The van der Waals surface area contributed by atoms with Gasteiger partial charge in [0.15, 0.2) is 0 Å². The number of thiocarbonyl (C=S) groups is 1. The molecule has 1 unspecified atom stereocenters. The van der Waals surface area contributed by atoms with Gasteiger partial charge in [-0.15, -0.1) is 0 Å². The summed E-state index contributed by atoms with van der Waals surface area (Å²) in [5.41, 5.74) is 6.39. The lowest BCUT2D eigenvalue weighted by atomic mass is 10.0. The lowest BCUT2D eigenvalue weighted by molar-refractivity contribution is -0.131. The number of benzene rings is 1. The third-order valence-electron chi connectivity index (χ3n) is 3.84. The Kier molecular flexibility index (Phi) is 5.56. The van der Waals surface area contributed by atoms with Gasteiger partial charge in [0.25, 0.3) is 0 Å². The van der Waals surface area contributed by atoms with Crippen molar-refractivity contribution in [3.63, 3.8) is 0 Å². The van der Waals surface area contributed by atoms with Crippen LogP contribution in [0.5, 0.6) is 5.75 Å². The normalized spacial score (nSPS) is 19.2. The first-order chi connectivity index (χ1) is 10.1. The number of likely N-dealkylation sites (tertiary alicyclic amines) is 1. The van der Waals surface area contributed by atoms with Crippen LogP contribution in [0.15, 0.2) is 24.3 Å². The Morgan fingerprint density at radius 1 is 1.48 bits per heavy atom. The molecule has 1 aromatic rings. The zero-order valence-electron chi connectivity index (χ0n) is 12.4. The van der Waals surface area contributed by atoms with Crippen LogP contribution in [-0.2, 0) is 4.79 Å². The van der Waals surface area contributed by atoms with Crippen molar-refractivity contribution < 1.29 is 9.53 Å². The molecule has 1 aliphatic rings. The Balaban J connectivity index is 1.84. The van der Waals surface area contributed by atoms with Crippen LogP contribution < -0.4 is 10.5 Å². The summed E-state index contributed by atoms with van der Waals surface area (Å²) < 4.78 is 5.71. The second kappa shape index (κ2) is 7.41. The van der Waals surface area contributed by atoms with Crippen LogP contribution in [-0.4, -0.2) is 35.5 Å². The quantitative estimate of drug-likeness (QED) is 0.849. The molecule has 1 aliphatic heterocycles. The fourth-order valence-corrected chi connectivity index (χ4v) is 2.55. The smallest absolute Gasteiger partial charge is 0.222 e. The SMILES string of the molecule is CC1CCC(=O)N(CCOc2cccc(C(N)=S)c2)CC1. The number of hydrogen-bond donors (Lipinski definition) is 1. The van der Waals surface area contributed by atoms with E-state index in [1.54, 1.807) is 0 Å². The maximum absolute atomic E-state index is 12.0. The van der Waals surface area contributed by atoms with E-state index in [0.717, 1.165) is 30.7 Å². The summed E-state index contributed by atoms with van der Waals surface area (Å²) >= 11 is 4.95. The molecule has 1 aromatic carbocycles. The number of carbonyl (C=O) groups is 1. The van der Waals surface area contributed by atoms with Gasteiger partial charge in [-0.25, -0.2) is 0 Å². The molecule has 2 rings (SSSR count). The molecule has 0 spiro atoms. The molecule has 1 fully saturated rings. The highest BCUT2D eigenvalue weighted by atomic mass is 32.1. The fraction of sp³-hybridized carbons (Fsp3) is 0.500. The minimum Gasteiger partial charge on any atom is -0.492 e. The van der Waals surface area contributed by atoms with Gasteiger partial charge in [-0.05, 0) is 30.9 Å². The molecule has 5 heteroatoms. The number of ether oxygens (including phenoxy) is 1. The van der Waals surface area contributed by atoms with E-state index < -0.39 is 0 Å². The zero-order chi connectivity index (χ0) is 15.2. The highest BCUT2D eigenvalue weighted by Gasteiger charge is 2.19. The fourth-order valence-electron chi connectivity index (χ4n) is 2.42. The number of nitrogens with zero attached hydrogens (tertiary/aromatic N) is 1. The van der Waals surface area contributed by atoms with Gasteiger partial charge >= 0.3 is 0 Å². The lowest BCUT2D eigenvalue weighted by Crippen LogP contribution is -2.34. The number of rotatable bonds is 5. The van der Waals surface area contributed by atoms with Crippen molar-refractivity contribution >= 4 is 23.1 Å². The van der Waals surface area contributed by atoms with Crippen LogP contribution in [0.2, 0.25) is 0 Å². The summed E-state index contributed by atoms with van der Waals surface area (Å²) in [6.45, 7) is 4.15. The van der Waals surface area contributed by atoms with Crippen molar-refractivity contribution in [3.8, 4) is 5.75 Å². The summed E-state index contributed by atoms with van der Waals surface area (Å²) in [5.74, 6) is 1.60. The Labute approximate surface area is 131 Å². The summed E-state index contributed by atoms with van der Waals surface area (Å²) in [7, 11) is 0. The van der Waals surface area contributed by atoms with E-state index >= 15 is 0 Å². The van der Waals surface area contributed by atoms with E-state index in [1.807, 2.05) is 29.2 Å². The highest BCUT2D eigenvalue weighted by Crippen LogP contribution is 2.18. The van der Waals surface area contributed by atoms with Crippen molar-refractivity contribution in [3.05, 3.63) is 29.8 Å². The molecule has 0 aliphatic carbocycles. The zero-order valence-corrected chi connectivity index (χ0v) is 13.2. The average Bonchev–Trinajstić information content (AvgIpc) is 2.63. The van der Waals surface area contributed by atoms with Gasteiger partial charge in [-0.1, -0.05) is 31.3 Å². The van der Waals surface area contributed by atoms with Gasteiger partial charge < -0.3 is 15.4 Å². The molecule has 0 radical (unpaired) electrons. The molecule has 4 nitrogen and oxygen atoms in total. The first-order valence-corrected chi connectivity index (χ1v) is 7.77. The van der Waals surface area contributed by atoms with Gasteiger partial charge in [0.05, 0.1) is 6.54 Å². The molecule has 0 aromatic heterocycles. The van der Waals surface area contributed by atoms with Gasteiger partial charge in [-0.2, -0.15) is 0 Å². The van der Waals surface area contributed by atoms with E-state index in [1.165, 1.54) is 0 Å². The monoisotopic (exact) mass is 306 g/mol. The maximum Gasteiger partial charge on any atom is 0.222 e. The first-order valence-electron chi connectivity index (χ1n) is 7.36. The molecule has 21 heavy (non-hydrogen) atoms. The van der Waals surface area contributed by atoms with Gasteiger partial charge in [0.2, 0.25) is 5.91 Å². The summed E-state index contributed by atoms with van der Waals surface area (Å²) in [6, 6.07) is 7.42. The largest absolute Gasteiger partial charge is 0.492 e.